The first-order valence-electron chi connectivity index (χ1n) is 4.41. The molecular formula is C9H16NO. The fraction of sp³-hybridized carbons (Fsp3) is 0.889. The van der Waals surface area contributed by atoms with Crippen LogP contribution in [0, 0.1) is 5.92 Å². The summed E-state index contributed by atoms with van der Waals surface area (Å²) < 4.78 is 0. The van der Waals surface area contributed by atoms with E-state index in [1.807, 2.05) is 0 Å². The topological polar surface area (TPSA) is 31.2 Å². The second-order valence-electron chi connectivity index (χ2n) is 3.38. The van der Waals surface area contributed by atoms with Crippen LogP contribution < -0.4 is 5.32 Å². The number of rotatable bonds is 3. The van der Waals surface area contributed by atoms with E-state index in [2.05, 4.69) is 5.32 Å². The van der Waals surface area contributed by atoms with E-state index in [0.29, 0.717) is 11.7 Å². The highest BCUT2D eigenvalue weighted by Crippen LogP contribution is 2.16. The van der Waals surface area contributed by atoms with E-state index in [-0.39, 0.29) is 0 Å². The van der Waals surface area contributed by atoms with Crippen molar-refractivity contribution in [3.63, 3.8) is 0 Å². The number of ketones is 1. The third-order valence-electron chi connectivity index (χ3n) is 2.22. The molecule has 0 saturated carbocycles. The van der Waals surface area contributed by atoms with Crippen molar-refractivity contribution in [1.29, 1.82) is 0 Å². The molecule has 1 rings (SSSR count). The summed E-state index contributed by atoms with van der Waals surface area (Å²) >= 11 is 0. The van der Waals surface area contributed by atoms with Crippen LogP contribution in [-0.4, -0.2) is 18.9 Å². The van der Waals surface area contributed by atoms with Crippen LogP contribution in [-0.2, 0) is 4.79 Å². The normalized spacial score (nSPS) is 25.0. The molecule has 2 heteroatoms. The van der Waals surface area contributed by atoms with E-state index < -0.39 is 0 Å². The molecule has 0 aromatic rings. The molecule has 1 heterocycles. The molecular weight excluding hydrogens is 138 g/mol. The predicted octanol–water partition coefficient (Wildman–Crippen LogP) is 1.37. The van der Waals surface area contributed by atoms with Gasteiger partial charge in [0, 0.05) is 19.5 Å². The average molecular weight is 154 g/mol. The maximum absolute atomic E-state index is 10.7. The van der Waals surface area contributed by atoms with Crippen molar-refractivity contribution in [3.05, 3.63) is 0 Å². The number of carbonyl (C=O) groups excluding carboxylic acids is 1. The zero-order valence-corrected chi connectivity index (χ0v) is 7.18. The first-order chi connectivity index (χ1) is 5.29. The molecule has 0 spiro atoms. The lowest BCUT2D eigenvalue weighted by Gasteiger charge is -2.20. The maximum Gasteiger partial charge on any atom is 0.129 e. The molecule has 1 aliphatic rings. The molecule has 1 atom stereocenters. The summed E-state index contributed by atoms with van der Waals surface area (Å²) in [6, 6.07) is 0. The van der Waals surface area contributed by atoms with Crippen LogP contribution in [0.1, 0.15) is 32.6 Å². The Bertz CT molecular complexity index is 128. The number of nitrogens with zero attached hydrogens (tertiary/aromatic N) is 1. The van der Waals surface area contributed by atoms with Gasteiger partial charge in [0.1, 0.15) is 5.78 Å². The number of Topliss-reactive ketones (excluding diaryl/α,β-unsaturated/α-hetero) is 1. The number of hydrogen-bond donors (Lipinski definition) is 0. The molecule has 63 valence electrons. The molecule has 1 unspecified atom stereocenters. The highest BCUT2D eigenvalue weighted by molar-refractivity contribution is 5.75. The van der Waals surface area contributed by atoms with Crippen molar-refractivity contribution in [2.24, 2.45) is 5.92 Å². The highest BCUT2D eigenvalue weighted by atomic mass is 16.1. The van der Waals surface area contributed by atoms with Gasteiger partial charge in [-0.3, -0.25) is 0 Å². The molecule has 1 saturated heterocycles. The minimum absolute atomic E-state index is 0.315. The minimum Gasteiger partial charge on any atom is -0.300 e. The zero-order chi connectivity index (χ0) is 8.10. The molecule has 0 aromatic carbocycles. The van der Waals surface area contributed by atoms with E-state index in [1.165, 1.54) is 12.8 Å². The van der Waals surface area contributed by atoms with Crippen LogP contribution in [0.25, 0.3) is 0 Å². The molecule has 1 fully saturated rings. The van der Waals surface area contributed by atoms with Gasteiger partial charge in [-0.05, 0) is 32.1 Å². The van der Waals surface area contributed by atoms with E-state index in [1.54, 1.807) is 6.92 Å². The van der Waals surface area contributed by atoms with Gasteiger partial charge in [0.05, 0.1) is 0 Å². The molecule has 1 aliphatic heterocycles. The Morgan fingerprint density at radius 3 is 3.00 bits per heavy atom. The fourth-order valence-corrected chi connectivity index (χ4v) is 1.50. The lowest BCUT2D eigenvalue weighted by molar-refractivity contribution is -0.117. The summed E-state index contributed by atoms with van der Waals surface area (Å²) in [6.45, 7) is 3.70. The van der Waals surface area contributed by atoms with E-state index in [0.717, 1.165) is 25.9 Å². The van der Waals surface area contributed by atoms with Crippen LogP contribution in [0.3, 0.4) is 0 Å². The third-order valence-corrected chi connectivity index (χ3v) is 2.22. The standard InChI is InChI=1S/C9H16NO/c1-8(11)4-5-9-3-2-6-10-7-9/h9H,2-7H2,1H3. The van der Waals surface area contributed by atoms with Gasteiger partial charge in [0.2, 0.25) is 0 Å². The van der Waals surface area contributed by atoms with Crippen LogP contribution in [0.4, 0.5) is 0 Å². The van der Waals surface area contributed by atoms with Gasteiger partial charge >= 0.3 is 0 Å². The van der Waals surface area contributed by atoms with Crippen LogP contribution in [0.5, 0.6) is 0 Å². The van der Waals surface area contributed by atoms with Crippen LogP contribution in [0.2, 0.25) is 0 Å². The van der Waals surface area contributed by atoms with Gasteiger partial charge in [0.25, 0.3) is 0 Å². The summed E-state index contributed by atoms with van der Waals surface area (Å²) in [5.74, 6) is 1.02. The fourth-order valence-electron chi connectivity index (χ4n) is 1.50. The molecule has 0 aliphatic carbocycles. The SMILES string of the molecule is CC(=O)CCC1CCC[N]C1. The number of carbonyl (C=O) groups is 1. The van der Waals surface area contributed by atoms with Crippen molar-refractivity contribution in [1.82, 2.24) is 5.32 Å². The van der Waals surface area contributed by atoms with Crippen molar-refractivity contribution in [2.75, 3.05) is 13.1 Å². The lowest BCUT2D eigenvalue weighted by Crippen LogP contribution is -2.24. The highest BCUT2D eigenvalue weighted by Gasteiger charge is 2.13. The Labute approximate surface area is 68.4 Å². The molecule has 11 heavy (non-hydrogen) atoms. The van der Waals surface area contributed by atoms with Gasteiger partial charge < -0.3 is 4.79 Å². The van der Waals surface area contributed by atoms with Crippen LogP contribution >= 0.6 is 0 Å². The van der Waals surface area contributed by atoms with Gasteiger partial charge in [-0.25, -0.2) is 5.32 Å². The summed E-state index contributed by atoms with van der Waals surface area (Å²) in [6.07, 6.45) is 4.30. The van der Waals surface area contributed by atoms with E-state index >= 15 is 0 Å². The number of hydrogen-bond acceptors (Lipinski definition) is 1. The van der Waals surface area contributed by atoms with Gasteiger partial charge in [-0.15, -0.1) is 0 Å². The summed E-state index contributed by atoms with van der Waals surface area (Å²) in [4.78, 5) is 10.7. The maximum atomic E-state index is 10.7. The molecule has 0 aromatic heterocycles. The quantitative estimate of drug-likeness (QED) is 0.604. The molecule has 2 nitrogen and oxygen atoms in total. The Balaban J connectivity index is 2.09. The smallest absolute Gasteiger partial charge is 0.129 e. The lowest BCUT2D eigenvalue weighted by atomic mass is 9.94. The van der Waals surface area contributed by atoms with Gasteiger partial charge in [-0.1, -0.05) is 0 Å². The van der Waals surface area contributed by atoms with Crippen molar-refractivity contribution < 1.29 is 4.79 Å². The monoisotopic (exact) mass is 154 g/mol. The largest absolute Gasteiger partial charge is 0.300 e. The Kier molecular flexibility index (Phi) is 3.57. The summed E-state index contributed by atoms with van der Waals surface area (Å²) in [5, 5.41) is 4.33. The summed E-state index contributed by atoms with van der Waals surface area (Å²) in [5.41, 5.74) is 0. The Morgan fingerprint density at radius 2 is 2.45 bits per heavy atom. The van der Waals surface area contributed by atoms with Crippen molar-refractivity contribution in [3.8, 4) is 0 Å². The molecule has 0 bridgehead atoms. The van der Waals surface area contributed by atoms with Gasteiger partial charge in [0.15, 0.2) is 0 Å². The molecule has 0 amide bonds. The van der Waals surface area contributed by atoms with Crippen LogP contribution in [0.15, 0.2) is 0 Å². The van der Waals surface area contributed by atoms with E-state index in [4.69, 9.17) is 0 Å². The predicted molar refractivity (Wildman–Crippen MR) is 44.5 cm³/mol. The second-order valence-corrected chi connectivity index (χ2v) is 3.38. The summed E-state index contributed by atoms with van der Waals surface area (Å²) in [7, 11) is 0. The molecule has 1 radical (unpaired) electrons. The minimum atomic E-state index is 0.315. The van der Waals surface area contributed by atoms with Gasteiger partial charge in [-0.2, -0.15) is 0 Å². The Hall–Kier alpha value is -0.370. The zero-order valence-electron chi connectivity index (χ0n) is 7.18. The molecule has 0 N–H and O–H groups in total. The van der Waals surface area contributed by atoms with Crippen molar-refractivity contribution in [2.45, 2.75) is 32.6 Å². The van der Waals surface area contributed by atoms with E-state index in [9.17, 15) is 4.79 Å². The first-order valence-corrected chi connectivity index (χ1v) is 4.41. The average Bonchev–Trinajstić information content (AvgIpc) is 2.03. The second kappa shape index (κ2) is 4.50. The van der Waals surface area contributed by atoms with Crippen molar-refractivity contribution >= 4 is 5.78 Å². The first kappa shape index (κ1) is 8.72. The Morgan fingerprint density at radius 1 is 1.64 bits per heavy atom. The number of piperidine rings is 1. The third kappa shape index (κ3) is 3.51.